The van der Waals surface area contributed by atoms with Crippen molar-refractivity contribution in [1.82, 2.24) is 0 Å². The molecule has 0 radical (unpaired) electrons. The standard InChI is InChI=1S/Ba.Bi.FH.H2O.5H/h;;1H;1H2;;;;;. The van der Waals surface area contributed by atoms with E-state index in [4.69, 9.17) is 0 Å². The van der Waals surface area contributed by atoms with Gasteiger partial charge >= 0.3 is 75.1 Å². The number of hydrogen-bond acceptors (Lipinski definition) is 0. The molecule has 0 aliphatic carbocycles. The third-order valence-electron chi connectivity index (χ3n) is 0. The van der Waals surface area contributed by atoms with Crippen molar-refractivity contribution in [3.8, 4) is 0 Å². The summed E-state index contributed by atoms with van der Waals surface area (Å²) in [5.41, 5.74) is 0. The summed E-state index contributed by atoms with van der Waals surface area (Å²) in [6.07, 6.45) is 0. The molecule has 1 nitrogen and oxygen atoms in total. The van der Waals surface area contributed by atoms with Crippen molar-refractivity contribution in [2.45, 2.75) is 0 Å². The minimum absolute atomic E-state index is 0. The summed E-state index contributed by atoms with van der Waals surface area (Å²) >= 11 is 0. The first kappa shape index (κ1) is 33.0. The zero-order valence-corrected chi connectivity index (χ0v) is 7.11. The monoisotopic (exact) mass is 390 g/mol. The quantitative estimate of drug-likeness (QED) is 0.402. The fourth-order valence-electron chi connectivity index (χ4n) is 0. The van der Waals surface area contributed by atoms with Gasteiger partial charge in [0, 0.05) is 0 Å². The molecular formula is H8BaBiFO. The molecule has 2 N–H and O–H groups in total. The van der Waals surface area contributed by atoms with Crippen LogP contribution in [0.5, 0.6) is 0 Å². The van der Waals surface area contributed by atoms with E-state index in [-0.39, 0.29) is 85.3 Å². The Balaban J connectivity index is 0. The van der Waals surface area contributed by atoms with Gasteiger partial charge < -0.3 is 5.48 Å². The van der Waals surface area contributed by atoms with Gasteiger partial charge in [0.2, 0.25) is 0 Å². The molecule has 0 saturated carbocycles. The average Bonchev–Trinajstić information content (AvgIpc) is 0. The van der Waals surface area contributed by atoms with Gasteiger partial charge in [-0.1, -0.05) is 0 Å². The van der Waals surface area contributed by atoms with Crippen LogP contribution in [0.2, 0.25) is 0 Å². The molecule has 0 aromatic carbocycles. The Labute approximate surface area is 83.4 Å². The average molecular weight is 389 g/mol. The second-order valence-electron chi connectivity index (χ2n) is 0. The molecule has 0 atom stereocenters. The Kier molecular flexibility index (Phi) is 151. The van der Waals surface area contributed by atoms with E-state index in [0.29, 0.717) is 0 Å². The molecule has 0 fully saturated rings. The Hall–Kier alpha value is 2.34. The van der Waals surface area contributed by atoms with E-state index < -0.39 is 0 Å². The van der Waals surface area contributed by atoms with Gasteiger partial charge in [0.25, 0.3) is 0 Å². The molecule has 28 valence electrons. The van der Waals surface area contributed by atoms with Gasteiger partial charge in [0.1, 0.15) is 0 Å². The van der Waals surface area contributed by atoms with E-state index in [2.05, 4.69) is 0 Å². The van der Waals surface area contributed by atoms with Crippen molar-refractivity contribution >= 4 is 75.1 Å². The molecule has 0 spiro atoms. The Morgan fingerprint density at radius 1 is 1.00 bits per heavy atom. The van der Waals surface area contributed by atoms with Crippen LogP contribution in [0.3, 0.4) is 0 Å². The van der Waals surface area contributed by atoms with Crippen molar-refractivity contribution in [1.29, 1.82) is 0 Å². The molecule has 0 aromatic heterocycles. The van der Waals surface area contributed by atoms with Gasteiger partial charge in [-0.2, -0.15) is 0 Å². The first-order chi connectivity index (χ1) is 0. The van der Waals surface area contributed by atoms with Crippen LogP contribution in [0.1, 0.15) is 0 Å². The third-order valence-corrected chi connectivity index (χ3v) is 0. The molecule has 4 heavy (non-hydrogen) atoms. The second kappa shape index (κ2) is 18.4. The van der Waals surface area contributed by atoms with Crippen molar-refractivity contribution < 1.29 is 10.2 Å². The Bertz CT molecular complexity index is 8.00. The molecule has 0 aliphatic heterocycles. The predicted octanol–water partition coefficient (Wildman–Crippen LogP) is -2.77. The van der Waals surface area contributed by atoms with Crippen LogP contribution in [0.25, 0.3) is 0 Å². The van der Waals surface area contributed by atoms with Crippen molar-refractivity contribution in [3.05, 3.63) is 0 Å². The molecule has 0 aromatic rings. The van der Waals surface area contributed by atoms with Crippen LogP contribution in [0, 0.1) is 0 Å². The molecule has 0 bridgehead atoms. The number of halogens is 1. The van der Waals surface area contributed by atoms with Gasteiger partial charge in [-0.25, -0.2) is 0 Å². The van der Waals surface area contributed by atoms with Gasteiger partial charge in [-0.05, 0) is 0 Å². The zero-order valence-electron chi connectivity index (χ0n) is 1.62. The van der Waals surface area contributed by atoms with Crippen LogP contribution in [-0.4, -0.2) is 80.6 Å². The summed E-state index contributed by atoms with van der Waals surface area (Å²) in [7, 11) is 0. The summed E-state index contributed by atoms with van der Waals surface area (Å²) in [6.45, 7) is 0. The maximum atomic E-state index is 0. The first-order valence-electron chi connectivity index (χ1n) is 0. The summed E-state index contributed by atoms with van der Waals surface area (Å²) in [6, 6.07) is 0. The summed E-state index contributed by atoms with van der Waals surface area (Å²) < 4.78 is 0. The summed E-state index contributed by atoms with van der Waals surface area (Å²) in [5.74, 6) is 0. The molecule has 0 saturated heterocycles. The zero-order chi connectivity index (χ0) is 0. The van der Waals surface area contributed by atoms with Gasteiger partial charge in [0.05, 0.1) is 0 Å². The predicted molar refractivity (Wildman–Crippen MR) is 24.6 cm³/mol. The molecule has 0 aliphatic rings. The van der Waals surface area contributed by atoms with Crippen molar-refractivity contribution in [3.63, 3.8) is 0 Å². The molecule has 0 rings (SSSR count). The van der Waals surface area contributed by atoms with Crippen LogP contribution in [0.15, 0.2) is 0 Å². The van der Waals surface area contributed by atoms with Gasteiger partial charge in [-0.3, -0.25) is 4.70 Å². The molecule has 0 heterocycles. The molecule has 4 heteroatoms. The molecule has 0 amide bonds. The topological polar surface area (TPSA) is 31.5 Å². The van der Waals surface area contributed by atoms with Crippen molar-refractivity contribution in [2.75, 3.05) is 0 Å². The first-order valence-corrected chi connectivity index (χ1v) is 0. The normalized spacial score (nSPS) is 0. The van der Waals surface area contributed by atoms with E-state index in [1.165, 1.54) is 0 Å². The summed E-state index contributed by atoms with van der Waals surface area (Å²) in [4.78, 5) is 0. The Morgan fingerprint density at radius 3 is 1.00 bits per heavy atom. The molecular weight excluding hydrogens is 381 g/mol. The van der Waals surface area contributed by atoms with Gasteiger partial charge in [0.15, 0.2) is 0 Å². The van der Waals surface area contributed by atoms with E-state index in [1.807, 2.05) is 0 Å². The Morgan fingerprint density at radius 2 is 1.00 bits per heavy atom. The van der Waals surface area contributed by atoms with Gasteiger partial charge in [-0.15, -0.1) is 0 Å². The molecule has 0 unspecified atom stereocenters. The van der Waals surface area contributed by atoms with Crippen LogP contribution >= 0.6 is 0 Å². The summed E-state index contributed by atoms with van der Waals surface area (Å²) in [5, 5.41) is 0. The van der Waals surface area contributed by atoms with Crippen LogP contribution < -0.4 is 0 Å². The van der Waals surface area contributed by atoms with Crippen LogP contribution in [0.4, 0.5) is 4.70 Å². The van der Waals surface area contributed by atoms with E-state index in [9.17, 15) is 0 Å². The third kappa shape index (κ3) is 8.84. The fraction of sp³-hybridized carbons (Fsp3) is 0. The number of rotatable bonds is 0. The van der Waals surface area contributed by atoms with E-state index in [0.717, 1.165) is 0 Å². The van der Waals surface area contributed by atoms with Crippen LogP contribution in [-0.2, 0) is 0 Å². The SMILES string of the molecule is F.O.[BaH2].[BiH3]. The maximum absolute atomic E-state index is 0. The second-order valence-corrected chi connectivity index (χ2v) is 0. The number of hydrogen-bond donors (Lipinski definition) is 0. The van der Waals surface area contributed by atoms with E-state index >= 15 is 0 Å². The van der Waals surface area contributed by atoms with Crippen molar-refractivity contribution in [2.24, 2.45) is 0 Å². The fourth-order valence-corrected chi connectivity index (χ4v) is 0. The van der Waals surface area contributed by atoms with E-state index in [1.54, 1.807) is 0 Å². The minimum atomic E-state index is 0.